The maximum absolute atomic E-state index is 14.1. The molecule has 1 nitrogen and oxygen atoms in total. The first kappa shape index (κ1) is 21.8. The van der Waals surface area contributed by atoms with Crippen molar-refractivity contribution in [3.63, 3.8) is 0 Å². The topological polar surface area (TPSA) is 4.93 Å². The van der Waals surface area contributed by atoms with Crippen LogP contribution >= 0.6 is 0 Å². The van der Waals surface area contributed by atoms with Crippen LogP contribution in [0.15, 0.2) is 146 Å². The monoisotopic (exact) mass is 465 g/mol. The Morgan fingerprint density at radius 2 is 0.694 bits per heavy atom. The molecule has 0 aliphatic heterocycles. The predicted octanol–water partition coefficient (Wildman–Crippen LogP) is 9.28. The third kappa shape index (κ3) is 3.93. The Morgan fingerprint density at radius 1 is 0.361 bits per heavy atom. The number of rotatable bonds is 5. The molecule has 0 aliphatic rings. The van der Waals surface area contributed by atoms with Crippen LogP contribution in [-0.4, -0.2) is 4.57 Å². The van der Waals surface area contributed by atoms with Crippen LogP contribution in [0.2, 0.25) is 0 Å². The molecule has 0 saturated heterocycles. The summed E-state index contributed by atoms with van der Waals surface area (Å²) in [6.07, 6.45) is 0. The molecule has 1 heterocycles. The Morgan fingerprint density at radius 3 is 1.06 bits per heavy atom. The third-order valence-electron chi connectivity index (χ3n) is 6.48. The van der Waals surface area contributed by atoms with Gasteiger partial charge in [-0.25, -0.2) is 4.39 Å². The maximum atomic E-state index is 14.1. The standard InChI is InChI=1S/C34H24FN/c35-29-21-23-30(24-22-29)36-33(27-17-9-3-10-18-27)31(25-13-5-1-6-14-25)32(26-15-7-2-8-16-26)34(36)28-19-11-4-12-20-28/h1-24H. The quantitative estimate of drug-likeness (QED) is 0.239. The second kappa shape index (κ2) is 9.52. The summed E-state index contributed by atoms with van der Waals surface area (Å²) in [6.45, 7) is 0. The molecular formula is C34H24FN. The number of hydrogen-bond acceptors (Lipinski definition) is 0. The van der Waals surface area contributed by atoms with Gasteiger partial charge in [-0.15, -0.1) is 0 Å². The molecule has 0 aliphatic carbocycles. The van der Waals surface area contributed by atoms with Crippen molar-refractivity contribution >= 4 is 0 Å². The molecular weight excluding hydrogens is 441 g/mol. The zero-order valence-corrected chi connectivity index (χ0v) is 19.7. The van der Waals surface area contributed by atoms with E-state index in [4.69, 9.17) is 0 Å². The molecule has 6 rings (SSSR count). The first-order valence-electron chi connectivity index (χ1n) is 12.1. The van der Waals surface area contributed by atoms with Crippen LogP contribution in [0.3, 0.4) is 0 Å². The minimum absolute atomic E-state index is 0.250. The van der Waals surface area contributed by atoms with Crippen molar-refractivity contribution in [1.82, 2.24) is 4.57 Å². The van der Waals surface area contributed by atoms with E-state index in [1.165, 1.54) is 12.1 Å². The molecule has 0 amide bonds. The zero-order valence-electron chi connectivity index (χ0n) is 19.7. The van der Waals surface area contributed by atoms with Crippen LogP contribution < -0.4 is 0 Å². The highest BCUT2D eigenvalue weighted by Crippen LogP contribution is 2.49. The van der Waals surface area contributed by atoms with Gasteiger partial charge in [-0.2, -0.15) is 0 Å². The lowest BCUT2D eigenvalue weighted by Gasteiger charge is -2.16. The SMILES string of the molecule is Fc1ccc(-n2c(-c3ccccc3)c(-c3ccccc3)c(-c3ccccc3)c2-c2ccccc2)cc1. The van der Waals surface area contributed by atoms with Crippen molar-refractivity contribution in [1.29, 1.82) is 0 Å². The first-order valence-corrected chi connectivity index (χ1v) is 12.1. The van der Waals surface area contributed by atoms with Crippen molar-refractivity contribution in [2.45, 2.75) is 0 Å². The van der Waals surface area contributed by atoms with E-state index in [9.17, 15) is 4.39 Å². The van der Waals surface area contributed by atoms with Crippen molar-refractivity contribution in [2.24, 2.45) is 0 Å². The van der Waals surface area contributed by atoms with E-state index < -0.39 is 0 Å². The highest BCUT2D eigenvalue weighted by Gasteiger charge is 2.27. The Kier molecular flexibility index (Phi) is 5.77. The fourth-order valence-electron chi connectivity index (χ4n) is 4.93. The number of aromatic nitrogens is 1. The minimum Gasteiger partial charge on any atom is -0.308 e. The molecule has 6 aromatic rings. The molecule has 172 valence electrons. The van der Waals surface area contributed by atoms with Crippen LogP contribution in [0.25, 0.3) is 50.5 Å². The van der Waals surface area contributed by atoms with Gasteiger partial charge in [0.1, 0.15) is 5.82 Å². The van der Waals surface area contributed by atoms with Crippen molar-refractivity contribution in [3.8, 4) is 50.5 Å². The van der Waals surface area contributed by atoms with Crippen LogP contribution in [0, 0.1) is 5.82 Å². The molecule has 0 atom stereocenters. The number of hydrogen-bond donors (Lipinski definition) is 0. The fraction of sp³-hybridized carbons (Fsp3) is 0. The van der Waals surface area contributed by atoms with Crippen LogP contribution in [0.5, 0.6) is 0 Å². The molecule has 0 unspecified atom stereocenters. The average molecular weight is 466 g/mol. The summed E-state index contributed by atoms with van der Waals surface area (Å²) in [6, 6.07) is 48.8. The van der Waals surface area contributed by atoms with Gasteiger partial charge in [-0.3, -0.25) is 0 Å². The zero-order chi connectivity index (χ0) is 24.3. The number of halogens is 1. The van der Waals surface area contributed by atoms with Crippen molar-refractivity contribution in [3.05, 3.63) is 151 Å². The first-order chi connectivity index (χ1) is 17.8. The highest BCUT2D eigenvalue weighted by atomic mass is 19.1. The van der Waals surface area contributed by atoms with E-state index >= 15 is 0 Å². The molecule has 0 saturated carbocycles. The summed E-state index contributed by atoms with van der Waals surface area (Å²) in [4.78, 5) is 0. The van der Waals surface area contributed by atoms with Gasteiger partial charge in [0.05, 0.1) is 11.4 Å². The molecule has 1 aromatic heterocycles. The van der Waals surface area contributed by atoms with E-state index in [2.05, 4.69) is 102 Å². The fourth-order valence-corrected chi connectivity index (χ4v) is 4.93. The van der Waals surface area contributed by atoms with Crippen LogP contribution in [-0.2, 0) is 0 Å². The molecule has 0 spiro atoms. The second-order valence-electron chi connectivity index (χ2n) is 8.72. The highest BCUT2D eigenvalue weighted by molar-refractivity contribution is 6.03. The van der Waals surface area contributed by atoms with Gasteiger partial charge in [0, 0.05) is 16.8 Å². The molecule has 0 fully saturated rings. The largest absolute Gasteiger partial charge is 0.308 e. The smallest absolute Gasteiger partial charge is 0.123 e. The third-order valence-corrected chi connectivity index (χ3v) is 6.48. The van der Waals surface area contributed by atoms with Gasteiger partial charge in [0.25, 0.3) is 0 Å². The van der Waals surface area contributed by atoms with Crippen molar-refractivity contribution in [2.75, 3.05) is 0 Å². The molecule has 0 bridgehead atoms. The Balaban J connectivity index is 1.85. The molecule has 0 radical (unpaired) electrons. The van der Waals surface area contributed by atoms with Crippen LogP contribution in [0.1, 0.15) is 0 Å². The lowest BCUT2D eigenvalue weighted by molar-refractivity contribution is 0.627. The summed E-state index contributed by atoms with van der Waals surface area (Å²) >= 11 is 0. The molecule has 2 heteroatoms. The summed E-state index contributed by atoms with van der Waals surface area (Å²) in [7, 11) is 0. The molecule has 0 N–H and O–H groups in total. The minimum atomic E-state index is -0.250. The van der Waals surface area contributed by atoms with Gasteiger partial charge in [0.2, 0.25) is 0 Å². The Bertz CT molecular complexity index is 1480. The van der Waals surface area contributed by atoms with E-state index in [1.54, 1.807) is 0 Å². The van der Waals surface area contributed by atoms with Gasteiger partial charge < -0.3 is 4.57 Å². The second-order valence-corrected chi connectivity index (χ2v) is 8.72. The Hall–Kier alpha value is -4.69. The van der Waals surface area contributed by atoms with E-state index in [-0.39, 0.29) is 5.82 Å². The van der Waals surface area contributed by atoms with Crippen molar-refractivity contribution < 1.29 is 4.39 Å². The summed E-state index contributed by atoms with van der Waals surface area (Å²) in [5.74, 6) is -0.250. The average Bonchev–Trinajstić information content (AvgIpc) is 3.31. The lowest BCUT2D eigenvalue weighted by Crippen LogP contribution is -2.00. The van der Waals surface area contributed by atoms with E-state index in [0.29, 0.717) is 0 Å². The van der Waals surface area contributed by atoms with Gasteiger partial charge in [0.15, 0.2) is 0 Å². The number of benzene rings is 5. The maximum Gasteiger partial charge on any atom is 0.123 e. The van der Waals surface area contributed by atoms with Gasteiger partial charge in [-0.1, -0.05) is 121 Å². The van der Waals surface area contributed by atoms with E-state index in [0.717, 1.165) is 50.5 Å². The summed E-state index contributed by atoms with van der Waals surface area (Å²) in [5.41, 5.74) is 9.82. The summed E-state index contributed by atoms with van der Waals surface area (Å²) in [5, 5.41) is 0. The van der Waals surface area contributed by atoms with Crippen LogP contribution in [0.4, 0.5) is 4.39 Å². The number of nitrogens with zero attached hydrogens (tertiary/aromatic N) is 1. The normalized spacial score (nSPS) is 10.9. The van der Waals surface area contributed by atoms with Gasteiger partial charge >= 0.3 is 0 Å². The predicted molar refractivity (Wildman–Crippen MR) is 147 cm³/mol. The Labute approximate surface area is 210 Å². The van der Waals surface area contributed by atoms with Gasteiger partial charge in [-0.05, 0) is 46.5 Å². The molecule has 5 aromatic carbocycles. The van der Waals surface area contributed by atoms with E-state index in [1.807, 2.05) is 36.4 Å². The lowest BCUT2D eigenvalue weighted by atomic mass is 9.91. The summed E-state index contributed by atoms with van der Waals surface area (Å²) < 4.78 is 16.3. The molecule has 36 heavy (non-hydrogen) atoms.